The zero-order valence-corrected chi connectivity index (χ0v) is 30.8. The summed E-state index contributed by atoms with van der Waals surface area (Å²) >= 11 is 0. The Morgan fingerprint density at radius 1 is 0.286 bits per heavy atom. The third-order valence-electron chi connectivity index (χ3n) is 10.8. The molecule has 0 radical (unpaired) electrons. The van der Waals surface area contributed by atoms with E-state index in [2.05, 4.69) is 240 Å². The number of nitrogens with zero attached hydrogens (tertiary/aromatic N) is 2. The number of aromatic nitrogens is 1. The Kier molecular flexibility index (Phi) is 8.55. The van der Waals surface area contributed by atoms with Gasteiger partial charge >= 0.3 is 0 Å². The first-order chi connectivity index (χ1) is 27.8. The molecule has 1 aromatic heterocycles. The lowest BCUT2D eigenvalue weighted by molar-refractivity contribution is 1.18. The first-order valence-corrected chi connectivity index (χ1v) is 19.2. The van der Waals surface area contributed by atoms with E-state index in [9.17, 15) is 0 Å². The van der Waals surface area contributed by atoms with Crippen LogP contribution >= 0.6 is 0 Å². The summed E-state index contributed by atoms with van der Waals surface area (Å²) in [7, 11) is 0. The molecular weight excluding hydrogens is 677 g/mol. The van der Waals surface area contributed by atoms with Gasteiger partial charge in [0.05, 0.1) is 22.4 Å². The molecule has 0 bridgehead atoms. The Hall–Kier alpha value is -7.42. The van der Waals surface area contributed by atoms with Gasteiger partial charge < -0.3 is 9.47 Å². The number of anilines is 3. The molecule has 0 saturated heterocycles. The van der Waals surface area contributed by atoms with Crippen molar-refractivity contribution in [3.05, 3.63) is 231 Å². The number of benzene rings is 9. The summed E-state index contributed by atoms with van der Waals surface area (Å²) in [5.74, 6) is 0. The van der Waals surface area contributed by atoms with Crippen molar-refractivity contribution in [3.8, 4) is 50.2 Å². The van der Waals surface area contributed by atoms with Gasteiger partial charge in [-0.25, -0.2) is 0 Å². The molecule has 0 aliphatic rings. The maximum atomic E-state index is 2.45. The van der Waals surface area contributed by atoms with E-state index in [0.717, 1.165) is 33.8 Å². The van der Waals surface area contributed by atoms with Crippen LogP contribution in [0.25, 0.3) is 72.0 Å². The maximum Gasteiger partial charge on any atom is 0.0562 e. The van der Waals surface area contributed by atoms with Gasteiger partial charge in [0.15, 0.2) is 0 Å². The first-order valence-electron chi connectivity index (χ1n) is 19.2. The van der Waals surface area contributed by atoms with Gasteiger partial charge in [0.2, 0.25) is 0 Å². The molecule has 1 heterocycles. The minimum absolute atomic E-state index is 1.08. The zero-order chi connectivity index (χ0) is 37.3. The average Bonchev–Trinajstić information content (AvgIpc) is 3.61. The normalized spacial score (nSPS) is 11.2. The molecule has 56 heavy (non-hydrogen) atoms. The van der Waals surface area contributed by atoms with Crippen LogP contribution < -0.4 is 4.90 Å². The SMILES string of the molecule is c1ccc(-c2ccc(N(c3ccc4c5ccccc5n(-c5ccccc5-c5ccccc5)c4c3)c3ccccc3-c3cccc(-c4ccccc4)c3)cc2)cc1. The van der Waals surface area contributed by atoms with Crippen LogP contribution in [0.4, 0.5) is 17.1 Å². The number of fused-ring (bicyclic) bond motifs is 3. The Balaban J connectivity index is 1.20. The van der Waals surface area contributed by atoms with Crippen LogP contribution in [-0.2, 0) is 0 Å². The highest BCUT2D eigenvalue weighted by Gasteiger charge is 2.21. The lowest BCUT2D eigenvalue weighted by Gasteiger charge is -2.28. The molecule has 264 valence electrons. The van der Waals surface area contributed by atoms with Crippen LogP contribution in [0.5, 0.6) is 0 Å². The van der Waals surface area contributed by atoms with Crippen molar-refractivity contribution < 1.29 is 0 Å². The van der Waals surface area contributed by atoms with Crippen molar-refractivity contribution >= 4 is 38.9 Å². The van der Waals surface area contributed by atoms with E-state index in [-0.39, 0.29) is 0 Å². The minimum Gasteiger partial charge on any atom is -0.310 e. The molecule has 0 aliphatic carbocycles. The third-order valence-corrected chi connectivity index (χ3v) is 10.8. The molecule has 10 rings (SSSR count). The van der Waals surface area contributed by atoms with Gasteiger partial charge in [-0.1, -0.05) is 182 Å². The fraction of sp³-hybridized carbons (Fsp3) is 0. The summed E-state index contributed by atoms with van der Waals surface area (Å²) in [5.41, 5.74) is 16.3. The van der Waals surface area contributed by atoms with Gasteiger partial charge in [0.25, 0.3) is 0 Å². The predicted molar refractivity (Wildman–Crippen MR) is 237 cm³/mol. The standard InChI is InChI=1S/C54H38N2/c1-4-17-39(18-5-1)41-31-33-45(34-32-41)55(51-28-13-11-26-48(51)44-24-16-23-43(37-44)40-19-6-2-7-20-40)46-35-36-50-49-27-12-15-30-53(49)56(54(50)38-46)52-29-14-10-25-47(52)42-21-8-3-9-22-42/h1-38H. The second kappa shape index (κ2) is 14.4. The van der Waals surface area contributed by atoms with Crippen molar-refractivity contribution in [3.63, 3.8) is 0 Å². The van der Waals surface area contributed by atoms with Crippen LogP contribution in [0.2, 0.25) is 0 Å². The smallest absolute Gasteiger partial charge is 0.0562 e. The quantitative estimate of drug-likeness (QED) is 0.152. The van der Waals surface area contributed by atoms with Gasteiger partial charge in [-0.15, -0.1) is 0 Å². The van der Waals surface area contributed by atoms with Crippen LogP contribution in [0.1, 0.15) is 0 Å². The molecule has 0 saturated carbocycles. The predicted octanol–water partition coefficient (Wildman–Crippen LogP) is 14.9. The Bertz CT molecular complexity index is 2940. The molecule has 0 spiro atoms. The van der Waals surface area contributed by atoms with Crippen LogP contribution in [0.3, 0.4) is 0 Å². The summed E-state index contributed by atoms with van der Waals surface area (Å²) in [6.07, 6.45) is 0. The average molecular weight is 715 g/mol. The van der Waals surface area contributed by atoms with Crippen LogP contribution in [-0.4, -0.2) is 4.57 Å². The highest BCUT2D eigenvalue weighted by Crippen LogP contribution is 2.44. The molecule has 2 nitrogen and oxygen atoms in total. The molecule has 0 atom stereocenters. The summed E-state index contributed by atoms with van der Waals surface area (Å²) in [6.45, 7) is 0. The van der Waals surface area contributed by atoms with Crippen molar-refractivity contribution in [2.24, 2.45) is 0 Å². The topological polar surface area (TPSA) is 8.17 Å². The summed E-state index contributed by atoms with van der Waals surface area (Å²) in [5, 5.41) is 2.45. The molecule has 0 aliphatic heterocycles. The fourth-order valence-corrected chi connectivity index (χ4v) is 8.16. The van der Waals surface area contributed by atoms with Crippen LogP contribution in [0, 0.1) is 0 Å². The Morgan fingerprint density at radius 3 is 1.55 bits per heavy atom. The molecule has 0 fully saturated rings. The summed E-state index contributed by atoms with van der Waals surface area (Å²) < 4.78 is 2.45. The van der Waals surface area contributed by atoms with Crippen molar-refractivity contribution in [1.29, 1.82) is 0 Å². The van der Waals surface area contributed by atoms with E-state index in [4.69, 9.17) is 0 Å². The van der Waals surface area contributed by atoms with Gasteiger partial charge in [-0.2, -0.15) is 0 Å². The monoisotopic (exact) mass is 714 g/mol. The lowest BCUT2D eigenvalue weighted by Crippen LogP contribution is -2.11. The van der Waals surface area contributed by atoms with E-state index < -0.39 is 0 Å². The Labute approximate surface area is 327 Å². The van der Waals surface area contributed by atoms with Crippen molar-refractivity contribution in [2.45, 2.75) is 0 Å². The molecule has 0 N–H and O–H groups in total. The second-order valence-corrected chi connectivity index (χ2v) is 14.1. The molecule has 2 heteroatoms. The van der Waals surface area contributed by atoms with Crippen molar-refractivity contribution in [2.75, 3.05) is 4.90 Å². The highest BCUT2D eigenvalue weighted by atomic mass is 15.1. The summed E-state index contributed by atoms with van der Waals surface area (Å²) in [4.78, 5) is 2.42. The largest absolute Gasteiger partial charge is 0.310 e. The number of hydrogen-bond acceptors (Lipinski definition) is 1. The van der Waals surface area contributed by atoms with Gasteiger partial charge in [-0.3, -0.25) is 0 Å². The molecular formula is C54H38N2. The first kappa shape index (κ1) is 33.2. The van der Waals surface area contributed by atoms with E-state index in [1.54, 1.807) is 0 Å². The second-order valence-electron chi connectivity index (χ2n) is 14.1. The van der Waals surface area contributed by atoms with Gasteiger partial charge in [0.1, 0.15) is 0 Å². The molecule has 9 aromatic carbocycles. The maximum absolute atomic E-state index is 2.45. The molecule has 0 unspecified atom stereocenters. The number of rotatable bonds is 8. The lowest BCUT2D eigenvalue weighted by atomic mass is 9.97. The molecule has 10 aromatic rings. The van der Waals surface area contributed by atoms with Gasteiger partial charge in [-0.05, 0) is 81.9 Å². The number of para-hydroxylation sites is 3. The van der Waals surface area contributed by atoms with E-state index in [0.29, 0.717) is 0 Å². The van der Waals surface area contributed by atoms with Crippen LogP contribution in [0.15, 0.2) is 231 Å². The van der Waals surface area contributed by atoms with Crippen molar-refractivity contribution in [1.82, 2.24) is 4.57 Å². The zero-order valence-electron chi connectivity index (χ0n) is 30.8. The number of hydrogen-bond donors (Lipinski definition) is 0. The minimum atomic E-state index is 1.08. The third kappa shape index (κ3) is 6.04. The van der Waals surface area contributed by atoms with E-state index >= 15 is 0 Å². The van der Waals surface area contributed by atoms with Gasteiger partial charge in [0, 0.05) is 33.3 Å². The van der Waals surface area contributed by atoms with E-state index in [1.807, 2.05) is 0 Å². The summed E-state index contributed by atoms with van der Waals surface area (Å²) in [6, 6.07) is 83.1. The van der Waals surface area contributed by atoms with E-state index in [1.165, 1.54) is 55.2 Å². The highest BCUT2D eigenvalue weighted by molar-refractivity contribution is 6.11. The fourth-order valence-electron chi connectivity index (χ4n) is 8.16. The Morgan fingerprint density at radius 2 is 0.804 bits per heavy atom. The molecule has 0 amide bonds.